The summed E-state index contributed by atoms with van der Waals surface area (Å²) in [7, 11) is 0. The second-order valence-corrected chi connectivity index (χ2v) is 3.62. The molecule has 0 aliphatic rings. The fourth-order valence-electron chi connectivity index (χ4n) is 0.921. The quantitative estimate of drug-likeness (QED) is 0.620. The number of nitrogens with zero attached hydrogens (tertiary/aromatic N) is 2. The molecule has 0 fully saturated rings. The molecule has 0 aliphatic heterocycles. The summed E-state index contributed by atoms with van der Waals surface area (Å²) in [5.41, 5.74) is 5.59. The molecule has 1 rings (SSSR count). The number of carbonyl (C=O) groups excluding carboxylic acids is 1. The highest BCUT2D eigenvalue weighted by atomic mass is 35.5. The minimum atomic E-state index is -0.425. The Balaban J connectivity index is 2.91. The van der Waals surface area contributed by atoms with E-state index in [-0.39, 0.29) is 22.6 Å². The lowest BCUT2D eigenvalue weighted by atomic mass is 10.2. The zero-order chi connectivity index (χ0) is 11.4. The number of nitrogen functional groups attached to an aromatic ring is 1. The van der Waals surface area contributed by atoms with Crippen molar-refractivity contribution < 1.29 is 4.79 Å². The molecular formula is C8H10Cl2N4O. The van der Waals surface area contributed by atoms with Crippen LogP contribution in [0.25, 0.3) is 0 Å². The van der Waals surface area contributed by atoms with E-state index in [0.29, 0.717) is 5.88 Å². The molecule has 1 atom stereocenters. The zero-order valence-corrected chi connectivity index (χ0v) is 9.51. The molecule has 1 amide bonds. The molecule has 0 bridgehead atoms. The van der Waals surface area contributed by atoms with Crippen LogP contribution in [0.2, 0.25) is 5.15 Å². The molecule has 1 heterocycles. The normalized spacial score (nSPS) is 12.2. The molecule has 0 aliphatic carbocycles. The predicted molar refractivity (Wildman–Crippen MR) is 59.1 cm³/mol. The highest BCUT2D eigenvalue weighted by Crippen LogP contribution is 2.16. The van der Waals surface area contributed by atoms with Crippen LogP contribution < -0.4 is 11.1 Å². The van der Waals surface area contributed by atoms with Crippen LogP contribution in [0.15, 0.2) is 6.33 Å². The molecule has 5 nitrogen and oxygen atoms in total. The Hall–Kier alpha value is -1.07. The molecule has 1 aromatic heterocycles. The van der Waals surface area contributed by atoms with Crippen LogP contribution in [0, 0.1) is 0 Å². The van der Waals surface area contributed by atoms with Crippen LogP contribution >= 0.6 is 23.2 Å². The highest BCUT2D eigenvalue weighted by molar-refractivity contribution is 6.33. The van der Waals surface area contributed by atoms with Crippen LogP contribution in [0.1, 0.15) is 17.3 Å². The van der Waals surface area contributed by atoms with E-state index in [9.17, 15) is 4.79 Å². The van der Waals surface area contributed by atoms with Crippen LogP contribution in [0.4, 0.5) is 5.82 Å². The van der Waals surface area contributed by atoms with Gasteiger partial charge in [-0.1, -0.05) is 11.6 Å². The van der Waals surface area contributed by atoms with E-state index in [0.717, 1.165) is 0 Å². The summed E-state index contributed by atoms with van der Waals surface area (Å²) in [6.45, 7) is 1.76. The number of aromatic nitrogens is 2. The lowest BCUT2D eigenvalue weighted by Gasteiger charge is -2.11. The molecule has 0 spiro atoms. The molecule has 1 aromatic rings. The maximum Gasteiger partial charge on any atom is 0.258 e. The van der Waals surface area contributed by atoms with Gasteiger partial charge in [0.2, 0.25) is 0 Å². The number of nitrogens with one attached hydrogen (secondary N) is 1. The molecule has 15 heavy (non-hydrogen) atoms. The van der Waals surface area contributed by atoms with Crippen molar-refractivity contribution in [2.24, 2.45) is 0 Å². The van der Waals surface area contributed by atoms with Gasteiger partial charge in [-0.2, -0.15) is 0 Å². The Morgan fingerprint density at radius 1 is 1.67 bits per heavy atom. The van der Waals surface area contributed by atoms with Crippen molar-refractivity contribution in [1.82, 2.24) is 15.3 Å². The van der Waals surface area contributed by atoms with E-state index in [1.807, 2.05) is 0 Å². The van der Waals surface area contributed by atoms with Crippen molar-refractivity contribution in [2.75, 3.05) is 11.6 Å². The summed E-state index contributed by atoms with van der Waals surface area (Å²) in [5, 5.41) is 2.64. The standard InChI is InChI=1S/C8H10Cl2N4O/c1-4(2-9)14-8(15)5-6(10)12-3-13-7(5)11/h3-4H,2H2,1H3,(H,14,15)(H2,11,12,13). The van der Waals surface area contributed by atoms with Gasteiger partial charge in [0.05, 0.1) is 0 Å². The third-order valence-electron chi connectivity index (χ3n) is 1.67. The maximum absolute atomic E-state index is 11.6. The summed E-state index contributed by atoms with van der Waals surface area (Å²) < 4.78 is 0. The summed E-state index contributed by atoms with van der Waals surface area (Å²) >= 11 is 11.3. The van der Waals surface area contributed by atoms with Crippen LogP contribution in [-0.4, -0.2) is 27.8 Å². The molecule has 0 saturated carbocycles. The molecule has 0 radical (unpaired) electrons. The summed E-state index contributed by atoms with van der Waals surface area (Å²) in [6, 6.07) is -0.171. The van der Waals surface area contributed by atoms with Crippen molar-refractivity contribution in [2.45, 2.75) is 13.0 Å². The summed E-state index contributed by atoms with van der Waals surface area (Å²) in [6.07, 6.45) is 1.19. The number of halogens is 2. The van der Waals surface area contributed by atoms with E-state index >= 15 is 0 Å². The number of anilines is 1. The first-order valence-corrected chi connectivity index (χ1v) is 5.10. The topological polar surface area (TPSA) is 80.9 Å². The van der Waals surface area contributed by atoms with Gasteiger partial charge in [0, 0.05) is 11.9 Å². The summed E-state index contributed by atoms with van der Waals surface area (Å²) in [5.74, 6) is -0.0720. The second kappa shape index (κ2) is 5.14. The first-order chi connectivity index (χ1) is 7.06. The average Bonchev–Trinajstić information content (AvgIpc) is 2.17. The van der Waals surface area contributed by atoms with Crippen molar-refractivity contribution in [3.8, 4) is 0 Å². The van der Waals surface area contributed by atoms with Crippen molar-refractivity contribution in [3.05, 3.63) is 17.0 Å². The van der Waals surface area contributed by atoms with E-state index in [1.54, 1.807) is 6.92 Å². The number of nitrogens with two attached hydrogens (primary N) is 1. The molecular weight excluding hydrogens is 239 g/mol. The molecule has 0 saturated heterocycles. The Kier molecular flexibility index (Phi) is 4.11. The first kappa shape index (κ1) is 12.0. The smallest absolute Gasteiger partial charge is 0.258 e. The van der Waals surface area contributed by atoms with Gasteiger partial charge < -0.3 is 11.1 Å². The minimum Gasteiger partial charge on any atom is -0.383 e. The van der Waals surface area contributed by atoms with Gasteiger partial charge in [-0.25, -0.2) is 9.97 Å². The number of alkyl halides is 1. The van der Waals surface area contributed by atoms with Crippen molar-refractivity contribution in [1.29, 1.82) is 0 Å². The van der Waals surface area contributed by atoms with E-state index in [4.69, 9.17) is 28.9 Å². The average molecular weight is 249 g/mol. The van der Waals surface area contributed by atoms with Gasteiger partial charge in [0.1, 0.15) is 22.9 Å². The Morgan fingerprint density at radius 3 is 2.87 bits per heavy atom. The van der Waals surface area contributed by atoms with Gasteiger partial charge in [-0.05, 0) is 6.92 Å². The van der Waals surface area contributed by atoms with Gasteiger partial charge in [0.15, 0.2) is 0 Å². The number of amides is 1. The van der Waals surface area contributed by atoms with E-state index in [2.05, 4.69) is 15.3 Å². The van der Waals surface area contributed by atoms with Crippen molar-refractivity contribution in [3.63, 3.8) is 0 Å². The van der Waals surface area contributed by atoms with Gasteiger partial charge >= 0.3 is 0 Å². The largest absolute Gasteiger partial charge is 0.383 e. The monoisotopic (exact) mass is 248 g/mol. The van der Waals surface area contributed by atoms with Gasteiger partial charge in [-0.3, -0.25) is 4.79 Å². The molecule has 3 N–H and O–H groups in total. The molecule has 0 aromatic carbocycles. The van der Waals surface area contributed by atoms with E-state index in [1.165, 1.54) is 6.33 Å². The number of rotatable bonds is 3. The fraction of sp³-hybridized carbons (Fsp3) is 0.375. The SMILES string of the molecule is CC(CCl)NC(=O)c1c(N)ncnc1Cl. The third-order valence-corrected chi connectivity index (χ3v) is 2.42. The Labute approximate surface area is 97.0 Å². The second-order valence-electron chi connectivity index (χ2n) is 2.95. The van der Waals surface area contributed by atoms with Crippen LogP contribution in [0.5, 0.6) is 0 Å². The molecule has 1 unspecified atom stereocenters. The minimum absolute atomic E-state index is 0.0294. The fourth-order valence-corrected chi connectivity index (χ4v) is 1.22. The maximum atomic E-state index is 11.6. The third kappa shape index (κ3) is 2.94. The van der Waals surface area contributed by atoms with Crippen LogP contribution in [-0.2, 0) is 0 Å². The summed E-state index contributed by atoms with van der Waals surface area (Å²) in [4.78, 5) is 19.0. The van der Waals surface area contributed by atoms with E-state index < -0.39 is 5.91 Å². The highest BCUT2D eigenvalue weighted by Gasteiger charge is 2.17. The predicted octanol–water partition coefficient (Wildman–Crippen LogP) is 1.07. The van der Waals surface area contributed by atoms with Gasteiger partial charge in [-0.15, -0.1) is 11.6 Å². The first-order valence-electron chi connectivity index (χ1n) is 4.19. The number of hydrogen-bond donors (Lipinski definition) is 2. The Morgan fingerprint density at radius 2 is 2.33 bits per heavy atom. The lowest BCUT2D eigenvalue weighted by molar-refractivity contribution is 0.0944. The zero-order valence-electron chi connectivity index (χ0n) is 8.00. The lowest BCUT2D eigenvalue weighted by Crippen LogP contribution is -2.34. The van der Waals surface area contributed by atoms with Gasteiger partial charge in [0.25, 0.3) is 5.91 Å². The Bertz CT molecular complexity index is 351. The van der Waals surface area contributed by atoms with Crippen molar-refractivity contribution >= 4 is 34.9 Å². The molecule has 7 heteroatoms. The molecule has 82 valence electrons. The number of hydrogen-bond acceptors (Lipinski definition) is 4. The number of carbonyl (C=O) groups is 1. The van der Waals surface area contributed by atoms with Crippen LogP contribution in [0.3, 0.4) is 0 Å².